The third kappa shape index (κ3) is 4.23. The number of hydrogen-bond acceptors (Lipinski definition) is 5. The number of halogens is 4. The summed E-state index contributed by atoms with van der Waals surface area (Å²) in [5.74, 6) is -1.42. The van der Waals surface area contributed by atoms with Crippen LogP contribution in [0.15, 0.2) is 59.5 Å². The molecule has 1 atom stereocenters. The average molecular weight is 457 g/mol. The Morgan fingerprint density at radius 2 is 1.85 bits per heavy atom. The van der Waals surface area contributed by atoms with Crippen LogP contribution in [0.5, 0.6) is 0 Å². The lowest BCUT2D eigenvalue weighted by Gasteiger charge is -2.23. The molecule has 0 aliphatic rings. The number of fused-ring (bicyclic) bond motifs is 1. The summed E-state index contributed by atoms with van der Waals surface area (Å²) in [6.45, 7) is 3.35. The molecule has 0 amide bonds. The van der Waals surface area contributed by atoms with E-state index in [0.717, 1.165) is 5.56 Å². The monoisotopic (exact) mass is 457 g/mol. The summed E-state index contributed by atoms with van der Waals surface area (Å²) in [5, 5.41) is 3.74. The van der Waals surface area contributed by atoms with E-state index < -0.39 is 35.0 Å². The minimum atomic E-state index is -4.72. The normalized spacial score (nSPS) is 12.7. The SMILES string of the molecule is Cc1cccc2cc([C@H](C)Nc3nc(N)ncc3C(F)(F)F)n(-c3cccc(F)c3)c(=O)c12. The van der Waals surface area contributed by atoms with Gasteiger partial charge in [-0.1, -0.05) is 24.3 Å². The molecule has 0 fully saturated rings. The zero-order chi connectivity index (χ0) is 23.9. The Bertz CT molecular complexity index is 1410. The third-order valence-electron chi connectivity index (χ3n) is 5.26. The maximum atomic E-state index is 14.0. The first-order chi connectivity index (χ1) is 15.6. The molecule has 0 aliphatic carbocycles. The van der Waals surface area contributed by atoms with Crippen LogP contribution in [0, 0.1) is 12.7 Å². The van der Waals surface area contributed by atoms with Gasteiger partial charge in [0.25, 0.3) is 5.56 Å². The molecule has 10 heteroatoms. The smallest absolute Gasteiger partial charge is 0.368 e. The van der Waals surface area contributed by atoms with E-state index in [0.29, 0.717) is 22.7 Å². The highest BCUT2D eigenvalue weighted by Crippen LogP contribution is 2.35. The second-order valence-corrected chi connectivity index (χ2v) is 7.58. The minimum absolute atomic E-state index is 0.243. The number of alkyl halides is 3. The first-order valence-corrected chi connectivity index (χ1v) is 9.93. The van der Waals surface area contributed by atoms with Crippen LogP contribution in [-0.2, 0) is 6.18 Å². The highest BCUT2D eigenvalue weighted by atomic mass is 19.4. The molecule has 2 aromatic heterocycles. The topological polar surface area (TPSA) is 85.8 Å². The summed E-state index contributed by atoms with van der Waals surface area (Å²) in [6.07, 6.45) is -4.13. The van der Waals surface area contributed by atoms with E-state index >= 15 is 0 Å². The van der Waals surface area contributed by atoms with Crippen LogP contribution in [0.1, 0.15) is 29.8 Å². The molecule has 2 aromatic carbocycles. The molecule has 170 valence electrons. The molecule has 4 rings (SSSR count). The molecule has 0 spiro atoms. The Hall–Kier alpha value is -3.95. The number of aryl methyl sites for hydroxylation is 1. The lowest BCUT2D eigenvalue weighted by Crippen LogP contribution is -2.27. The van der Waals surface area contributed by atoms with Gasteiger partial charge in [-0.3, -0.25) is 9.36 Å². The fourth-order valence-electron chi connectivity index (χ4n) is 3.75. The average Bonchev–Trinajstić information content (AvgIpc) is 2.72. The Labute approximate surface area is 185 Å². The summed E-state index contributed by atoms with van der Waals surface area (Å²) in [6, 6.07) is 11.6. The molecule has 6 nitrogen and oxygen atoms in total. The molecule has 0 radical (unpaired) electrons. The van der Waals surface area contributed by atoms with E-state index in [-0.39, 0.29) is 11.6 Å². The molecule has 0 saturated heterocycles. The predicted molar refractivity (Wildman–Crippen MR) is 118 cm³/mol. The van der Waals surface area contributed by atoms with Crippen molar-refractivity contribution in [3.63, 3.8) is 0 Å². The van der Waals surface area contributed by atoms with Crippen molar-refractivity contribution >= 4 is 22.5 Å². The second-order valence-electron chi connectivity index (χ2n) is 7.58. The summed E-state index contributed by atoms with van der Waals surface area (Å²) in [5.41, 5.74) is 5.27. The van der Waals surface area contributed by atoms with Crippen molar-refractivity contribution in [2.75, 3.05) is 11.1 Å². The first kappa shape index (κ1) is 22.3. The third-order valence-corrected chi connectivity index (χ3v) is 5.26. The van der Waals surface area contributed by atoms with Gasteiger partial charge in [-0.05, 0) is 49.1 Å². The highest BCUT2D eigenvalue weighted by Gasteiger charge is 2.35. The van der Waals surface area contributed by atoms with Gasteiger partial charge < -0.3 is 11.1 Å². The molecule has 0 saturated carbocycles. The molecule has 3 N–H and O–H groups in total. The van der Waals surface area contributed by atoms with Gasteiger partial charge in [-0.2, -0.15) is 18.2 Å². The number of nitrogens with one attached hydrogen (secondary N) is 1. The van der Waals surface area contributed by atoms with Crippen LogP contribution in [0.4, 0.5) is 29.3 Å². The van der Waals surface area contributed by atoms with Gasteiger partial charge in [0, 0.05) is 11.9 Å². The van der Waals surface area contributed by atoms with Gasteiger partial charge in [0.15, 0.2) is 0 Å². The van der Waals surface area contributed by atoms with Crippen molar-refractivity contribution in [2.24, 2.45) is 0 Å². The van der Waals surface area contributed by atoms with Crippen LogP contribution in [0.3, 0.4) is 0 Å². The summed E-state index contributed by atoms with van der Waals surface area (Å²) in [4.78, 5) is 20.7. The molecule has 33 heavy (non-hydrogen) atoms. The lowest BCUT2D eigenvalue weighted by atomic mass is 10.0. The van der Waals surface area contributed by atoms with Crippen molar-refractivity contribution < 1.29 is 17.6 Å². The fourth-order valence-corrected chi connectivity index (χ4v) is 3.75. The van der Waals surface area contributed by atoms with Gasteiger partial charge in [0.2, 0.25) is 5.95 Å². The lowest BCUT2D eigenvalue weighted by molar-refractivity contribution is -0.137. The van der Waals surface area contributed by atoms with Crippen molar-refractivity contribution in [1.29, 1.82) is 0 Å². The second kappa shape index (κ2) is 8.19. The van der Waals surface area contributed by atoms with Crippen molar-refractivity contribution in [1.82, 2.24) is 14.5 Å². The Balaban J connectivity index is 1.94. The number of hydrogen-bond donors (Lipinski definition) is 2. The van der Waals surface area contributed by atoms with Crippen LogP contribution in [0.2, 0.25) is 0 Å². The van der Waals surface area contributed by atoms with Crippen molar-refractivity contribution in [2.45, 2.75) is 26.1 Å². The maximum absolute atomic E-state index is 14.0. The molecule has 0 bridgehead atoms. The summed E-state index contributed by atoms with van der Waals surface area (Å²) < 4.78 is 55.7. The summed E-state index contributed by atoms with van der Waals surface area (Å²) in [7, 11) is 0. The molecular weight excluding hydrogens is 438 g/mol. The predicted octanol–water partition coefficient (Wildman–Crippen LogP) is 5.00. The first-order valence-electron chi connectivity index (χ1n) is 9.93. The van der Waals surface area contributed by atoms with E-state index in [1.54, 1.807) is 44.2 Å². The number of benzene rings is 2. The summed E-state index contributed by atoms with van der Waals surface area (Å²) >= 11 is 0. The van der Waals surface area contributed by atoms with Crippen LogP contribution in [-0.4, -0.2) is 14.5 Å². The van der Waals surface area contributed by atoms with E-state index in [1.165, 1.54) is 22.8 Å². The van der Waals surface area contributed by atoms with Crippen molar-refractivity contribution in [3.05, 3.63) is 87.7 Å². The standard InChI is InChI=1S/C23H19F4N5O/c1-12-5-3-6-14-9-18(32(21(33)19(12)14)16-8-4-7-15(24)10-16)13(2)30-20-17(23(25,26)27)11-29-22(28)31-20/h3-11,13H,1-2H3,(H3,28,29,30,31)/t13-/m0/s1. The quantitative estimate of drug-likeness (QED) is 0.421. The van der Waals surface area contributed by atoms with E-state index in [2.05, 4.69) is 15.3 Å². The highest BCUT2D eigenvalue weighted by molar-refractivity contribution is 5.85. The fraction of sp³-hybridized carbons (Fsp3) is 0.174. The van der Waals surface area contributed by atoms with Crippen molar-refractivity contribution in [3.8, 4) is 5.69 Å². The Morgan fingerprint density at radius 1 is 1.12 bits per heavy atom. The van der Waals surface area contributed by atoms with Crippen LogP contribution in [0.25, 0.3) is 16.5 Å². The minimum Gasteiger partial charge on any atom is -0.368 e. The molecular formula is C23H19F4N5O. The van der Waals surface area contributed by atoms with Gasteiger partial charge in [-0.15, -0.1) is 0 Å². The Kier molecular flexibility index (Phi) is 5.52. The number of nitrogen functional groups attached to an aromatic ring is 1. The van der Waals surface area contributed by atoms with E-state index in [9.17, 15) is 22.4 Å². The zero-order valence-electron chi connectivity index (χ0n) is 17.6. The maximum Gasteiger partial charge on any atom is 0.421 e. The molecule has 0 aliphatic heterocycles. The van der Waals surface area contributed by atoms with Gasteiger partial charge in [0.1, 0.15) is 17.2 Å². The van der Waals surface area contributed by atoms with Crippen LogP contribution >= 0.6 is 0 Å². The van der Waals surface area contributed by atoms with Crippen LogP contribution < -0.4 is 16.6 Å². The molecule has 0 unspecified atom stereocenters. The Morgan fingerprint density at radius 3 is 2.55 bits per heavy atom. The molecule has 4 aromatic rings. The number of anilines is 2. The molecule has 2 heterocycles. The van der Waals surface area contributed by atoms with E-state index in [1.807, 2.05) is 0 Å². The number of pyridine rings is 1. The van der Waals surface area contributed by atoms with Gasteiger partial charge >= 0.3 is 6.18 Å². The zero-order valence-corrected chi connectivity index (χ0v) is 17.6. The number of nitrogens with two attached hydrogens (primary N) is 1. The number of aromatic nitrogens is 3. The van der Waals surface area contributed by atoms with E-state index in [4.69, 9.17) is 5.73 Å². The number of rotatable bonds is 4. The number of nitrogens with zero attached hydrogens (tertiary/aromatic N) is 3. The largest absolute Gasteiger partial charge is 0.421 e. The van der Waals surface area contributed by atoms with Gasteiger partial charge in [-0.25, -0.2) is 9.37 Å². The van der Waals surface area contributed by atoms with Gasteiger partial charge in [0.05, 0.1) is 17.1 Å².